The molecule has 0 aromatic carbocycles. The van der Waals surface area contributed by atoms with E-state index in [-0.39, 0.29) is 0 Å². The number of allylic oxidation sites excluding steroid dienone is 2. The fourth-order valence-corrected chi connectivity index (χ4v) is 1.77. The molecule has 1 rings (SSSR count). The first-order valence-corrected chi connectivity index (χ1v) is 4.16. The van der Waals surface area contributed by atoms with Crippen molar-refractivity contribution in [1.29, 1.82) is 0 Å². The van der Waals surface area contributed by atoms with Crippen molar-refractivity contribution >= 4 is 15.9 Å². The Balaban J connectivity index is 2.68. The number of alkyl halides is 2. The number of halogens is 3. The van der Waals surface area contributed by atoms with E-state index in [1.165, 1.54) is 0 Å². The molecule has 0 atom stereocenters. The van der Waals surface area contributed by atoms with Crippen LogP contribution < -0.4 is 0 Å². The Hall–Kier alpha value is 0.0800. The van der Waals surface area contributed by atoms with Gasteiger partial charge in [-0.25, -0.2) is 8.78 Å². The van der Waals surface area contributed by atoms with Crippen LogP contribution in [0.4, 0.5) is 8.78 Å². The highest BCUT2D eigenvalue weighted by molar-refractivity contribution is 9.11. The predicted octanol–water partition coefficient (Wildman–Crippen LogP) is 3.47. The van der Waals surface area contributed by atoms with Crippen molar-refractivity contribution in [2.24, 2.45) is 0 Å². The van der Waals surface area contributed by atoms with Gasteiger partial charge in [-0.15, -0.1) is 0 Å². The zero-order chi connectivity index (χ0) is 7.56. The SMILES string of the molecule is FC(F)C1=C(Br)CCCC1. The summed E-state index contributed by atoms with van der Waals surface area (Å²) in [6, 6.07) is 0. The Kier molecular flexibility index (Phi) is 2.83. The molecule has 0 amide bonds. The number of hydrogen-bond acceptors (Lipinski definition) is 0. The molecule has 0 aromatic rings. The average molecular weight is 211 g/mol. The van der Waals surface area contributed by atoms with E-state index in [0.717, 1.165) is 23.7 Å². The second-order valence-corrected chi connectivity index (χ2v) is 3.40. The van der Waals surface area contributed by atoms with Crippen LogP contribution in [-0.4, -0.2) is 6.43 Å². The third-order valence-corrected chi connectivity index (χ3v) is 2.61. The first-order valence-electron chi connectivity index (χ1n) is 3.37. The average Bonchev–Trinajstić information content (AvgIpc) is 1.88. The van der Waals surface area contributed by atoms with E-state index in [0.29, 0.717) is 12.0 Å². The van der Waals surface area contributed by atoms with Gasteiger partial charge in [0, 0.05) is 5.57 Å². The maximum Gasteiger partial charge on any atom is 0.260 e. The van der Waals surface area contributed by atoms with Crippen molar-refractivity contribution in [2.45, 2.75) is 32.1 Å². The summed E-state index contributed by atoms with van der Waals surface area (Å²) < 4.78 is 24.9. The van der Waals surface area contributed by atoms with Crippen molar-refractivity contribution in [3.8, 4) is 0 Å². The van der Waals surface area contributed by atoms with Crippen LogP contribution >= 0.6 is 15.9 Å². The predicted molar refractivity (Wildman–Crippen MR) is 40.4 cm³/mol. The second-order valence-electron chi connectivity index (χ2n) is 2.44. The highest BCUT2D eigenvalue weighted by Crippen LogP contribution is 2.32. The lowest BCUT2D eigenvalue weighted by Gasteiger charge is -2.14. The second kappa shape index (κ2) is 3.46. The van der Waals surface area contributed by atoms with Crippen molar-refractivity contribution in [3.05, 3.63) is 10.1 Å². The molecule has 0 aliphatic heterocycles. The molecule has 0 aromatic heterocycles. The third kappa shape index (κ3) is 1.78. The van der Waals surface area contributed by atoms with Gasteiger partial charge < -0.3 is 0 Å². The van der Waals surface area contributed by atoms with Gasteiger partial charge in [0.15, 0.2) is 0 Å². The van der Waals surface area contributed by atoms with Crippen LogP contribution in [0, 0.1) is 0 Å². The van der Waals surface area contributed by atoms with Crippen molar-refractivity contribution < 1.29 is 8.78 Å². The fraction of sp³-hybridized carbons (Fsp3) is 0.714. The maximum absolute atomic E-state index is 12.1. The molecule has 0 saturated heterocycles. The van der Waals surface area contributed by atoms with Crippen molar-refractivity contribution in [2.75, 3.05) is 0 Å². The van der Waals surface area contributed by atoms with Gasteiger partial charge in [0.05, 0.1) is 0 Å². The minimum atomic E-state index is -2.25. The molecule has 0 N–H and O–H groups in total. The van der Waals surface area contributed by atoms with Gasteiger partial charge in [-0.1, -0.05) is 15.9 Å². The molecule has 0 spiro atoms. The fourth-order valence-electron chi connectivity index (χ4n) is 1.12. The van der Waals surface area contributed by atoms with Crippen LogP contribution in [0.1, 0.15) is 25.7 Å². The quantitative estimate of drug-likeness (QED) is 0.622. The molecule has 0 nitrogen and oxygen atoms in total. The largest absolute Gasteiger partial charge is 0.260 e. The van der Waals surface area contributed by atoms with Crippen LogP contribution in [0.3, 0.4) is 0 Å². The van der Waals surface area contributed by atoms with Crippen LogP contribution in [0.25, 0.3) is 0 Å². The van der Waals surface area contributed by atoms with Crippen LogP contribution in [0.2, 0.25) is 0 Å². The van der Waals surface area contributed by atoms with Crippen molar-refractivity contribution in [3.63, 3.8) is 0 Å². The molecular weight excluding hydrogens is 202 g/mol. The minimum absolute atomic E-state index is 0.311. The van der Waals surface area contributed by atoms with Gasteiger partial charge >= 0.3 is 0 Å². The van der Waals surface area contributed by atoms with Crippen LogP contribution in [-0.2, 0) is 0 Å². The van der Waals surface area contributed by atoms with Crippen LogP contribution in [0.5, 0.6) is 0 Å². The molecule has 0 unspecified atom stereocenters. The first kappa shape index (κ1) is 8.18. The molecule has 3 heteroatoms. The monoisotopic (exact) mass is 210 g/mol. The molecule has 0 fully saturated rings. The lowest BCUT2D eigenvalue weighted by molar-refractivity contribution is 0.182. The number of hydrogen-bond donors (Lipinski definition) is 0. The summed E-state index contributed by atoms with van der Waals surface area (Å²) in [5.41, 5.74) is 0.311. The number of rotatable bonds is 1. The zero-order valence-electron chi connectivity index (χ0n) is 5.54. The van der Waals surface area contributed by atoms with E-state index < -0.39 is 6.43 Å². The molecule has 0 saturated carbocycles. The lowest BCUT2D eigenvalue weighted by Crippen LogP contribution is -2.03. The maximum atomic E-state index is 12.1. The molecule has 0 radical (unpaired) electrons. The van der Waals surface area contributed by atoms with Crippen LogP contribution in [0.15, 0.2) is 10.1 Å². The van der Waals surface area contributed by atoms with E-state index in [4.69, 9.17) is 0 Å². The van der Waals surface area contributed by atoms with Gasteiger partial charge in [-0.05, 0) is 30.2 Å². The molecule has 0 bridgehead atoms. The Morgan fingerprint density at radius 2 is 1.80 bits per heavy atom. The summed E-state index contributed by atoms with van der Waals surface area (Å²) in [4.78, 5) is 0. The Labute approximate surface area is 67.4 Å². The van der Waals surface area contributed by atoms with E-state index >= 15 is 0 Å². The van der Waals surface area contributed by atoms with Gasteiger partial charge in [0.25, 0.3) is 6.43 Å². The summed E-state index contributed by atoms with van der Waals surface area (Å²) in [5, 5.41) is 0. The van der Waals surface area contributed by atoms with E-state index in [1.807, 2.05) is 0 Å². The van der Waals surface area contributed by atoms with E-state index in [2.05, 4.69) is 15.9 Å². The Morgan fingerprint density at radius 3 is 2.20 bits per heavy atom. The normalized spacial score (nSPS) is 20.4. The third-order valence-electron chi connectivity index (χ3n) is 1.70. The first-order chi connectivity index (χ1) is 4.72. The van der Waals surface area contributed by atoms with E-state index in [9.17, 15) is 8.78 Å². The summed E-state index contributed by atoms with van der Waals surface area (Å²) in [6.45, 7) is 0. The highest BCUT2D eigenvalue weighted by Gasteiger charge is 2.17. The van der Waals surface area contributed by atoms with Gasteiger partial charge in [0.1, 0.15) is 0 Å². The molecule has 58 valence electrons. The van der Waals surface area contributed by atoms with E-state index in [1.54, 1.807) is 0 Å². The Morgan fingerprint density at radius 1 is 1.20 bits per heavy atom. The molecule has 10 heavy (non-hydrogen) atoms. The van der Waals surface area contributed by atoms with Gasteiger partial charge in [-0.2, -0.15) is 0 Å². The summed E-state index contributed by atoms with van der Waals surface area (Å²) in [6.07, 6.45) is 1.05. The van der Waals surface area contributed by atoms with Crippen molar-refractivity contribution in [1.82, 2.24) is 0 Å². The molecular formula is C7H9BrF2. The summed E-state index contributed by atoms with van der Waals surface area (Å²) in [5.74, 6) is 0. The molecule has 0 heterocycles. The molecule has 1 aliphatic carbocycles. The van der Waals surface area contributed by atoms with Gasteiger partial charge in [0.2, 0.25) is 0 Å². The zero-order valence-corrected chi connectivity index (χ0v) is 7.13. The van der Waals surface area contributed by atoms with Gasteiger partial charge in [-0.3, -0.25) is 0 Å². The highest BCUT2D eigenvalue weighted by atomic mass is 79.9. The lowest BCUT2D eigenvalue weighted by atomic mass is 10.0. The standard InChI is InChI=1S/C7H9BrF2/c8-6-4-2-1-3-5(6)7(9)10/h7H,1-4H2. The molecule has 1 aliphatic rings. The Bertz CT molecular complexity index is 152. The summed E-state index contributed by atoms with van der Waals surface area (Å²) in [7, 11) is 0. The topological polar surface area (TPSA) is 0 Å². The smallest absolute Gasteiger partial charge is 0.205 e. The minimum Gasteiger partial charge on any atom is -0.205 e. The summed E-state index contributed by atoms with van der Waals surface area (Å²) >= 11 is 3.15.